The van der Waals surface area contributed by atoms with Gasteiger partial charge in [-0.15, -0.1) is 0 Å². The predicted octanol–water partition coefficient (Wildman–Crippen LogP) is 4.95. The van der Waals surface area contributed by atoms with E-state index >= 15 is 0 Å². The molecule has 1 aromatic carbocycles. The van der Waals surface area contributed by atoms with Crippen LogP contribution in [0, 0.1) is 0 Å². The first-order chi connectivity index (χ1) is 10.8. The molecule has 0 saturated carbocycles. The minimum Gasteiger partial charge on any atom is -0.481 e. The third-order valence-corrected chi connectivity index (χ3v) is 2.93. The van der Waals surface area contributed by atoms with Crippen molar-refractivity contribution in [3.63, 3.8) is 0 Å². The molecule has 0 fully saturated rings. The van der Waals surface area contributed by atoms with Crippen LogP contribution in [0.4, 0.5) is 5.69 Å². The number of carbonyl (C=O) groups is 2. The first-order valence-electron chi connectivity index (χ1n) is 7.69. The highest BCUT2D eigenvalue weighted by atomic mass is 35.5. The number of aryl methyl sites for hydroxylation is 1. The normalized spacial score (nSPS) is 9.35. The molecule has 0 aromatic heterocycles. The van der Waals surface area contributed by atoms with Gasteiger partial charge in [-0.2, -0.15) is 0 Å². The van der Waals surface area contributed by atoms with E-state index in [0.717, 1.165) is 24.6 Å². The summed E-state index contributed by atoms with van der Waals surface area (Å²) in [5.74, 6) is -0.764. The monoisotopic (exact) mass is 341 g/mol. The number of halogens is 1. The van der Waals surface area contributed by atoms with Gasteiger partial charge in [0.2, 0.25) is 5.91 Å². The van der Waals surface area contributed by atoms with Crippen LogP contribution >= 0.6 is 11.6 Å². The summed E-state index contributed by atoms with van der Waals surface area (Å²) >= 11 is 5.97. The Morgan fingerprint density at radius 1 is 1.30 bits per heavy atom. The van der Waals surface area contributed by atoms with Crippen molar-refractivity contribution in [2.75, 3.05) is 11.9 Å². The molecule has 5 heteroatoms. The number of hydrogen-bond acceptors (Lipinski definition) is 2. The third kappa shape index (κ3) is 10.5. The summed E-state index contributed by atoms with van der Waals surface area (Å²) in [4.78, 5) is 22.6. The average Bonchev–Trinajstić information content (AvgIpc) is 2.53. The van der Waals surface area contributed by atoms with Gasteiger partial charge in [0.05, 0.1) is 0 Å². The zero-order valence-corrected chi connectivity index (χ0v) is 15.6. The van der Waals surface area contributed by atoms with Crippen LogP contribution in [0.2, 0.25) is 5.02 Å². The minimum atomic E-state index is -0.833. The molecule has 1 N–H and O–H groups in total. The van der Waals surface area contributed by atoms with Crippen molar-refractivity contribution in [2.24, 2.45) is 0 Å². The summed E-state index contributed by atoms with van der Waals surface area (Å²) in [6.45, 7) is 9.06. The van der Waals surface area contributed by atoms with E-state index < -0.39 is 5.97 Å². The Hall–Kier alpha value is -1.81. The topological polar surface area (TPSA) is 57.6 Å². The van der Waals surface area contributed by atoms with E-state index in [-0.39, 0.29) is 5.91 Å². The van der Waals surface area contributed by atoms with Gasteiger partial charge in [-0.25, -0.2) is 0 Å². The predicted molar refractivity (Wildman–Crippen MR) is 98.3 cm³/mol. The summed E-state index contributed by atoms with van der Waals surface area (Å²) in [6, 6.07) is 5.67. The molecule has 1 rings (SSSR count). The Morgan fingerprint density at radius 2 is 1.83 bits per heavy atom. The maximum atomic E-state index is 11.9. The van der Waals surface area contributed by atoms with Crippen LogP contribution in [0.15, 0.2) is 30.4 Å². The van der Waals surface area contributed by atoms with E-state index in [1.54, 1.807) is 11.9 Å². The fourth-order valence-corrected chi connectivity index (χ4v) is 1.80. The average molecular weight is 342 g/mol. The standard InChI is InChI=1S/C14H18ClNO.C2H4O2.C2H6/c1-4-6-7-14(17)16(3)13-10-12(15)9-8-11(13)5-2;1-2(3)4;1-2/h4,6,8-10H,5,7H2,1-3H3;1H3,(H,3,4);1-2H3/b6-4+;;. The molecule has 0 heterocycles. The number of carboxylic acids is 1. The first kappa shape index (κ1) is 23.5. The first-order valence-corrected chi connectivity index (χ1v) is 8.06. The fraction of sp³-hybridized carbons (Fsp3) is 0.444. The Balaban J connectivity index is 0. The molecule has 0 spiro atoms. The second-order valence-electron chi connectivity index (χ2n) is 4.37. The van der Waals surface area contributed by atoms with Crippen LogP contribution in [-0.2, 0) is 16.0 Å². The van der Waals surface area contributed by atoms with E-state index in [9.17, 15) is 4.79 Å². The Labute approximate surface area is 144 Å². The molecular weight excluding hydrogens is 314 g/mol. The SMILES string of the molecule is C/C=C/CC(=O)N(C)c1cc(Cl)ccc1CC.CC.CC(=O)O. The number of aliphatic carboxylic acids is 1. The van der Waals surface area contributed by atoms with Gasteiger partial charge in [0.1, 0.15) is 0 Å². The lowest BCUT2D eigenvalue weighted by Crippen LogP contribution is -2.26. The lowest BCUT2D eigenvalue weighted by atomic mass is 10.1. The zero-order valence-electron chi connectivity index (χ0n) is 14.9. The van der Waals surface area contributed by atoms with Crippen LogP contribution in [0.1, 0.15) is 46.6 Å². The summed E-state index contributed by atoms with van der Waals surface area (Å²) in [7, 11) is 1.79. The lowest BCUT2D eigenvalue weighted by Gasteiger charge is -2.20. The van der Waals surface area contributed by atoms with E-state index in [1.807, 2.05) is 51.1 Å². The van der Waals surface area contributed by atoms with E-state index in [2.05, 4.69) is 6.92 Å². The van der Waals surface area contributed by atoms with Crippen molar-refractivity contribution in [3.8, 4) is 0 Å². The minimum absolute atomic E-state index is 0.0695. The van der Waals surface area contributed by atoms with E-state index in [1.165, 1.54) is 0 Å². The Morgan fingerprint density at radius 3 is 2.26 bits per heavy atom. The highest BCUT2D eigenvalue weighted by Gasteiger charge is 2.12. The van der Waals surface area contributed by atoms with Crippen molar-refractivity contribution in [1.29, 1.82) is 0 Å². The molecule has 0 unspecified atom stereocenters. The third-order valence-electron chi connectivity index (χ3n) is 2.69. The van der Waals surface area contributed by atoms with Crippen molar-refractivity contribution in [1.82, 2.24) is 0 Å². The molecule has 1 amide bonds. The Kier molecular flexibility index (Phi) is 14.1. The second-order valence-corrected chi connectivity index (χ2v) is 4.81. The number of rotatable bonds is 4. The quantitative estimate of drug-likeness (QED) is 0.788. The molecular formula is C18H28ClNO3. The summed E-state index contributed by atoms with van der Waals surface area (Å²) in [5.41, 5.74) is 2.03. The van der Waals surface area contributed by atoms with Crippen LogP contribution in [-0.4, -0.2) is 24.0 Å². The van der Waals surface area contributed by atoms with Gasteiger partial charge in [-0.1, -0.05) is 50.6 Å². The smallest absolute Gasteiger partial charge is 0.300 e. The fourth-order valence-electron chi connectivity index (χ4n) is 1.64. The molecule has 0 aliphatic rings. The van der Waals surface area contributed by atoms with Crippen LogP contribution in [0.3, 0.4) is 0 Å². The number of anilines is 1. The number of amides is 1. The van der Waals surface area contributed by atoms with Crippen LogP contribution < -0.4 is 4.90 Å². The molecule has 0 aliphatic heterocycles. The van der Waals surface area contributed by atoms with Crippen molar-refractivity contribution >= 4 is 29.2 Å². The molecule has 130 valence electrons. The summed E-state index contributed by atoms with van der Waals surface area (Å²) in [6.07, 6.45) is 5.04. The molecule has 0 radical (unpaired) electrons. The largest absolute Gasteiger partial charge is 0.481 e. The van der Waals surface area contributed by atoms with Crippen molar-refractivity contribution in [3.05, 3.63) is 40.9 Å². The highest BCUT2D eigenvalue weighted by Crippen LogP contribution is 2.25. The molecule has 0 saturated heterocycles. The van der Waals surface area contributed by atoms with Crippen LogP contribution in [0.25, 0.3) is 0 Å². The van der Waals surface area contributed by atoms with Gasteiger partial charge in [0.25, 0.3) is 5.97 Å². The maximum absolute atomic E-state index is 11.9. The molecule has 0 aliphatic carbocycles. The molecule has 0 bridgehead atoms. The van der Waals surface area contributed by atoms with Crippen molar-refractivity contribution in [2.45, 2.75) is 47.5 Å². The lowest BCUT2D eigenvalue weighted by molar-refractivity contribution is -0.134. The molecule has 0 atom stereocenters. The summed E-state index contributed by atoms with van der Waals surface area (Å²) in [5, 5.41) is 8.07. The van der Waals surface area contributed by atoms with Gasteiger partial charge >= 0.3 is 0 Å². The van der Waals surface area contributed by atoms with Gasteiger partial charge in [-0.3, -0.25) is 9.59 Å². The second kappa shape index (κ2) is 13.8. The molecule has 4 nitrogen and oxygen atoms in total. The van der Waals surface area contributed by atoms with Crippen molar-refractivity contribution < 1.29 is 14.7 Å². The number of nitrogens with zero attached hydrogens (tertiary/aromatic N) is 1. The maximum Gasteiger partial charge on any atom is 0.300 e. The van der Waals surface area contributed by atoms with E-state index in [0.29, 0.717) is 11.4 Å². The molecule has 23 heavy (non-hydrogen) atoms. The number of benzene rings is 1. The van der Waals surface area contributed by atoms with Gasteiger partial charge in [0.15, 0.2) is 0 Å². The van der Waals surface area contributed by atoms with Crippen LogP contribution in [0.5, 0.6) is 0 Å². The number of carboxylic acid groups (broad SMARTS) is 1. The number of hydrogen-bond donors (Lipinski definition) is 1. The zero-order chi connectivity index (χ0) is 18.4. The van der Waals surface area contributed by atoms with Gasteiger partial charge < -0.3 is 10.0 Å². The van der Waals surface area contributed by atoms with Gasteiger partial charge in [-0.05, 0) is 31.0 Å². The van der Waals surface area contributed by atoms with Gasteiger partial charge in [0, 0.05) is 31.1 Å². The number of carbonyl (C=O) groups excluding carboxylic acids is 1. The molecule has 1 aromatic rings. The highest BCUT2D eigenvalue weighted by molar-refractivity contribution is 6.31. The summed E-state index contributed by atoms with van der Waals surface area (Å²) < 4.78 is 0. The van der Waals surface area contributed by atoms with E-state index in [4.69, 9.17) is 21.5 Å². The Bertz CT molecular complexity index is 509. The number of allylic oxidation sites excluding steroid dienone is 1.